The number of halogens is 1. The molecule has 1 aliphatic carbocycles. The highest BCUT2D eigenvalue weighted by molar-refractivity contribution is 5.78. The Labute approximate surface area is 119 Å². The van der Waals surface area contributed by atoms with Crippen molar-refractivity contribution in [2.24, 2.45) is 5.92 Å². The topological polar surface area (TPSA) is 25.2 Å². The van der Waals surface area contributed by atoms with Crippen molar-refractivity contribution in [3.8, 4) is 0 Å². The van der Waals surface area contributed by atoms with Crippen molar-refractivity contribution in [2.75, 3.05) is 6.54 Å². The second-order valence-corrected chi connectivity index (χ2v) is 5.78. The number of hydrogen-bond donors (Lipinski definition) is 1. The minimum Gasteiger partial charge on any atom is -0.456 e. The van der Waals surface area contributed by atoms with Gasteiger partial charge in [-0.1, -0.05) is 31.9 Å². The molecule has 1 heterocycles. The van der Waals surface area contributed by atoms with E-state index in [2.05, 4.69) is 12.2 Å². The van der Waals surface area contributed by atoms with E-state index in [9.17, 15) is 4.39 Å². The number of fused-ring (bicyclic) bond motifs is 1. The summed E-state index contributed by atoms with van der Waals surface area (Å²) in [5.74, 6) is 1.24. The van der Waals surface area contributed by atoms with Gasteiger partial charge in [0.05, 0.1) is 6.04 Å². The highest BCUT2D eigenvalue weighted by Gasteiger charge is 2.28. The van der Waals surface area contributed by atoms with Crippen molar-refractivity contribution >= 4 is 11.0 Å². The quantitative estimate of drug-likeness (QED) is 0.847. The van der Waals surface area contributed by atoms with E-state index < -0.39 is 0 Å². The maximum absolute atomic E-state index is 13.8. The molecule has 1 unspecified atom stereocenters. The van der Waals surface area contributed by atoms with Gasteiger partial charge in [0.15, 0.2) is 11.4 Å². The Morgan fingerprint density at radius 2 is 2.15 bits per heavy atom. The third-order valence-corrected chi connectivity index (χ3v) is 4.31. The predicted molar refractivity (Wildman–Crippen MR) is 79.2 cm³/mol. The predicted octanol–water partition coefficient (Wildman–Crippen LogP) is 4.80. The summed E-state index contributed by atoms with van der Waals surface area (Å²) in [4.78, 5) is 0. The Kier molecular flexibility index (Phi) is 4.06. The van der Waals surface area contributed by atoms with E-state index in [-0.39, 0.29) is 11.9 Å². The van der Waals surface area contributed by atoms with Crippen LogP contribution in [0.3, 0.4) is 0 Å². The lowest BCUT2D eigenvalue weighted by molar-refractivity contribution is 0.318. The van der Waals surface area contributed by atoms with E-state index in [1.54, 1.807) is 6.07 Å². The Balaban J connectivity index is 1.93. The number of hydrogen-bond acceptors (Lipinski definition) is 2. The van der Waals surface area contributed by atoms with E-state index in [1.165, 1.54) is 31.7 Å². The molecule has 2 aromatic rings. The molecular weight excluding hydrogens is 253 g/mol. The fourth-order valence-electron chi connectivity index (χ4n) is 3.29. The molecule has 1 aromatic carbocycles. The molecule has 1 atom stereocenters. The van der Waals surface area contributed by atoms with Crippen molar-refractivity contribution < 1.29 is 8.81 Å². The molecule has 1 saturated carbocycles. The summed E-state index contributed by atoms with van der Waals surface area (Å²) in [5, 5.41) is 4.45. The SMILES string of the molecule is CCCNC(c1cc2cccc(F)c2o1)C1CCCC1. The Morgan fingerprint density at radius 1 is 1.35 bits per heavy atom. The molecule has 1 aliphatic rings. The van der Waals surface area contributed by atoms with E-state index in [0.717, 1.165) is 24.1 Å². The van der Waals surface area contributed by atoms with Gasteiger partial charge < -0.3 is 9.73 Å². The van der Waals surface area contributed by atoms with Crippen LogP contribution in [-0.4, -0.2) is 6.54 Å². The van der Waals surface area contributed by atoms with Gasteiger partial charge in [-0.2, -0.15) is 0 Å². The minimum absolute atomic E-state index is 0.226. The standard InChI is InChI=1S/C17H22FNO/c1-2-10-19-16(12-6-3-4-7-12)15-11-13-8-5-9-14(18)17(13)20-15/h5,8-9,11-12,16,19H,2-4,6-7,10H2,1H3. The van der Waals surface area contributed by atoms with E-state index >= 15 is 0 Å². The highest BCUT2D eigenvalue weighted by Crippen LogP contribution is 2.38. The van der Waals surface area contributed by atoms with E-state index in [4.69, 9.17) is 4.42 Å². The molecule has 0 aliphatic heterocycles. The molecule has 1 aromatic heterocycles. The number of furan rings is 1. The van der Waals surface area contributed by atoms with Gasteiger partial charge in [-0.25, -0.2) is 4.39 Å². The largest absolute Gasteiger partial charge is 0.456 e. The smallest absolute Gasteiger partial charge is 0.169 e. The van der Waals surface area contributed by atoms with Gasteiger partial charge in [0.1, 0.15) is 5.76 Å². The summed E-state index contributed by atoms with van der Waals surface area (Å²) in [5.41, 5.74) is 0.392. The first-order chi connectivity index (χ1) is 9.79. The van der Waals surface area contributed by atoms with Crippen molar-refractivity contribution in [3.63, 3.8) is 0 Å². The Hall–Kier alpha value is -1.35. The summed E-state index contributed by atoms with van der Waals surface area (Å²) < 4.78 is 19.6. The van der Waals surface area contributed by atoms with Crippen LogP contribution in [0.1, 0.15) is 50.8 Å². The number of nitrogens with one attached hydrogen (secondary N) is 1. The minimum atomic E-state index is -0.269. The third kappa shape index (κ3) is 2.59. The first-order valence-corrected chi connectivity index (χ1v) is 7.71. The average Bonchev–Trinajstić information content (AvgIpc) is 3.09. The van der Waals surface area contributed by atoms with Gasteiger partial charge >= 0.3 is 0 Å². The molecule has 20 heavy (non-hydrogen) atoms. The van der Waals surface area contributed by atoms with Crippen LogP contribution >= 0.6 is 0 Å². The average molecular weight is 275 g/mol. The number of benzene rings is 1. The zero-order chi connectivity index (χ0) is 13.9. The normalized spacial score (nSPS) is 17.9. The summed E-state index contributed by atoms with van der Waals surface area (Å²) >= 11 is 0. The van der Waals surface area contributed by atoms with Crippen LogP contribution in [-0.2, 0) is 0 Å². The molecule has 108 valence electrons. The lowest BCUT2D eigenvalue weighted by Crippen LogP contribution is -2.27. The molecular formula is C17H22FNO. The molecule has 3 rings (SSSR count). The zero-order valence-electron chi connectivity index (χ0n) is 12.0. The number of para-hydroxylation sites is 1. The molecule has 1 N–H and O–H groups in total. The fourth-order valence-corrected chi connectivity index (χ4v) is 3.29. The van der Waals surface area contributed by atoms with Crippen LogP contribution < -0.4 is 5.32 Å². The summed E-state index contributed by atoms with van der Waals surface area (Å²) in [6.07, 6.45) is 6.16. The molecule has 0 bridgehead atoms. The van der Waals surface area contributed by atoms with Crippen LogP contribution in [0.2, 0.25) is 0 Å². The second-order valence-electron chi connectivity index (χ2n) is 5.78. The van der Waals surface area contributed by atoms with Gasteiger partial charge in [0.2, 0.25) is 0 Å². The molecule has 0 amide bonds. The van der Waals surface area contributed by atoms with Crippen LogP contribution in [0.15, 0.2) is 28.7 Å². The van der Waals surface area contributed by atoms with Gasteiger partial charge in [0, 0.05) is 5.39 Å². The van der Waals surface area contributed by atoms with Gasteiger partial charge in [-0.15, -0.1) is 0 Å². The second kappa shape index (κ2) is 5.96. The lowest BCUT2D eigenvalue weighted by Gasteiger charge is -2.22. The number of rotatable bonds is 5. The van der Waals surface area contributed by atoms with Crippen molar-refractivity contribution in [3.05, 3.63) is 35.8 Å². The van der Waals surface area contributed by atoms with E-state index in [0.29, 0.717) is 11.5 Å². The van der Waals surface area contributed by atoms with Crippen molar-refractivity contribution in [1.29, 1.82) is 0 Å². The molecule has 0 radical (unpaired) electrons. The van der Waals surface area contributed by atoms with Gasteiger partial charge in [-0.05, 0) is 43.9 Å². The molecule has 0 saturated heterocycles. The first kappa shape index (κ1) is 13.6. The highest BCUT2D eigenvalue weighted by atomic mass is 19.1. The molecule has 2 nitrogen and oxygen atoms in total. The third-order valence-electron chi connectivity index (χ3n) is 4.31. The van der Waals surface area contributed by atoms with E-state index in [1.807, 2.05) is 12.1 Å². The van der Waals surface area contributed by atoms with Crippen LogP contribution in [0.5, 0.6) is 0 Å². The summed E-state index contributed by atoms with van der Waals surface area (Å²) in [7, 11) is 0. The maximum atomic E-state index is 13.8. The van der Waals surface area contributed by atoms with Gasteiger partial charge in [0.25, 0.3) is 0 Å². The van der Waals surface area contributed by atoms with Crippen LogP contribution in [0.4, 0.5) is 4.39 Å². The molecule has 3 heteroatoms. The van der Waals surface area contributed by atoms with Gasteiger partial charge in [-0.3, -0.25) is 0 Å². The maximum Gasteiger partial charge on any atom is 0.169 e. The molecule has 0 spiro atoms. The first-order valence-electron chi connectivity index (χ1n) is 7.71. The summed E-state index contributed by atoms with van der Waals surface area (Å²) in [6, 6.07) is 7.34. The Bertz CT molecular complexity index is 571. The zero-order valence-corrected chi connectivity index (χ0v) is 12.0. The van der Waals surface area contributed by atoms with Crippen LogP contribution in [0.25, 0.3) is 11.0 Å². The van der Waals surface area contributed by atoms with Crippen LogP contribution in [0, 0.1) is 11.7 Å². The lowest BCUT2D eigenvalue weighted by atomic mass is 9.95. The van der Waals surface area contributed by atoms with Crippen molar-refractivity contribution in [1.82, 2.24) is 5.32 Å². The molecule has 1 fully saturated rings. The van der Waals surface area contributed by atoms with Crippen molar-refractivity contribution in [2.45, 2.75) is 45.1 Å². The summed E-state index contributed by atoms with van der Waals surface area (Å²) in [6.45, 7) is 3.14. The Morgan fingerprint density at radius 3 is 2.85 bits per heavy atom. The monoisotopic (exact) mass is 275 g/mol. The fraction of sp³-hybridized carbons (Fsp3) is 0.529.